The number of hydrogen-bond donors (Lipinski definition) is 0. The van der Waals surface area contributed by atoms with E-state index >= 15 is 0 Å². The standard InChI is InChI=1S/C47H31F3N4/c1-30-16-18-31(19-17-30)35-22-26-39-38-14-8-9-15-41(38)54(42(39)28-35)43-29-36(32-20-24-37(25-21-32)47(48,49)50)23-27-40(43)46-52-44(33-10-4-2-5-11-33)51-45(53-46)34-12-6-3-7-13-34/h2-29H,1H3. The maximum atomic E-state index is 13.6. The van der Waals surface area contributed by atoms with Crippen molar-refractivity contribution in [3.63, 3.8) is 0 Å². The lowest BCUT2D eigenvalue weighted by molar-refractivity contribution is -0.137. The van der Waals surface area contributed by atoms with Crippen LogP contribution in [0.2, 0.25) is 0 Å². The van der Waals surface area contributed by atoms with Gasteiger partial charge in [-0.1, -0.05) is 139 Å². The summed E-state index contributed by atoms with van der Waals surface area (Å²) < 4.78 is 42.9. The quantitative estimate of drug-likeness (QED) is 0.173. The number of hydrogen-bond acceptors (Lipinski definition) is 3. The van der Waals surface area contributed by atoms with Crippen molar-refractivity contribution < 1.29 is 13.2 Å². The molecule has 0 fully saturated rings. The fourth-order valence-corrected chi connectivity index (χ4v) is 7.02. The second kappa shape index (κ2) is 13.3. The molecule has 260 valence electrons. The molecular weight excluding hydrogens is 678 g/mol. The van der Waals surface area contributed by atoms with Crippen LogP contribution in [0.25, 0.3) is 83.9 Å². The second-order valence-electron chi connectivity index (χ2n) is 13.3. The molecule has 0 unspecified atom stereocenters. The summed E-state index contributed by atoms with van der Waals surface area (Å²) in [6.07, 6.45) is -4.43. The number of aromatic nitrogens is 4. The molecule has 4 nitrogen and oxygen atoms in total. The minimum absolute atomic E-state index is 0.470. The molecule has 2 aromatic heterocycles. The normalized spacial score (nSPS) is 11.7. The van der Waals surface area contributed by atoms with Crippen LogP contribution in [-0.4, -0.2) is 19.5 Å². The van der Waals surface area contributed by atoms with Crippen molar-refractivity contribution in [2.45, 2.75) is 13.1 Å². The molecular formula is C47H31F3N4. The van der Waals surface area contributed by atoms with Gasteiger partial charge in [0.1, 0.15) is 0 Å². The SMILES string of the molecule is Cc1ccc(-c2ccc3c4ccccc4n(-c4cc(-c5ccc(C(F)(F)F)cc5)ccc4-c4nc(-c5ccccc5)nc(-c5ccccc5)n4)c3c2)cc1. The highest BCUT2D eigenvalue weighted by Gasteiger charge is 2.30. The van der Waals surface area contributed by atoms with Crippen molar-refractivity contribution in [2.75, 3.05) is 0 Å². The Morgan fingerprint density at radius 3 is 1.56 bits per heavy atom. The minimum atomic E-state index is -4.43. The first kappa shape index (κ1) is 33.0. The van der Waals surface area contributed by atoms with Crippen LogP contribution in [0.4, 0.5) is 13.2 Å². The Labute approximate surface area is 309 Å². The van der Waals surface area contributed by atoms with Gasteiger partial charge < -0.3 is 4.57 Å². The number of fused-ring (bicyclic) bond motifs is 3. The zero-order chi connectivity index (χ0) is 36.8. The Morgan fingerprint density at radius 1 is 0.426 bits per heavy atom. The van der Waals surface area contributed by atoms with Crippen molar-refractivity contribution in [1.29, 1.82) is 0 Å². The van der Waals surface area contributed by atoms with E-state index in [0.29, 0.717) is 23.0 Å². The summed E-state index contributed by atoms with van der Waals surface area (Å²) >= 11 is 0. The lowest BCUT2D eigenvalue weighted by atomic mass is 10.00. The largest absolute Gasteiger partial charge is 0.416 e. The van der Waals surface area contributed by atoms with Gasteiger partial charge in [0.2, 0.25) is 0 Å². The van der Waals surface area contributed by atoms with Gasteiger partial charge in [-0.15, -0.1) is 0 Å². The number of nitrogens with zero attached hydrogens (tertiary/aromatic N) is 4. The second-order valence-corrected chi connectivity index (χ2v) is 13.3. The molecule has 0 aliphatic carbocycles. The lowest BCUT2D eigenvalue weighted by Gasteiger charge is -2.17. The van der Waals surface area contributed by atoms with Gasteiger partial charge in [0.05, 0.1) is 22.3 Å². The average Bonchev–Trinajstić information content (AvgIpc) is 3.54. The van der Waals surface area contributed by atoms with Gasteiger partial charge in [0, 0.05) is 27.5 Å². The zero-order valence-corrected chi connectivity index (χ0v) is 29.1. The minimum Gasteiger partial charge on any atom is -0.308 e. The first-order valence-electron chi connectivity index (χ1n) is 17.6. The number of rotatable bonds is 6. The summed E-state index contributed by atoms with van der Waals surface area (Å²) in [7, 11) is 0. The fraction of sp³-hybridized carbons (Fsp3) is 0.0426. The number of para-hydroxylation sites is 1. The summed E-state index contributed by atoms with van der Waals surface area (Å²) in [5.74, 6) is 1.53. The van der Waals surface area contributed by atoms with E-state index in [4.69, 9.17) is 15.0 Å². The molecule has 0 spiro atoms. The highest BCUT2D eigenvalue weighted by Crippen LogP contribution is 2.40. The summed E-state index contributed by atoms with van der Waals surface area (Å²) in [6, 6.07) is 54.0. The van der Waals surface area contributed by atoms with Gasteiger partial charge in [-0.3, -0.25) is 0 Å². The molecule has 0 bridgehead atoms. The third-order valence-corrected chi connectivity index (χ3v) is 9.78. The number of aryl methyl sites for hydroxylation is 1. The average molecular weight is 709 g/mol. The van der Waals surface area contributed by atoms with Gasteiger partial charge in [0.15, 0.2) is 17.5 Å². The summed E-state index contributed by atoms with van der Waals surface area (Å²) in [6.45, 7) is 2.07. The van der Waals surface area contributed by atoms with Crippen LogP contribution in [0, 0.1) is 6.92 Å². The van der Waals surface area contributed by atoms with E-state index < -0.39 is 11.7 Å². The van der Waals surface area contributed by atoms with Gasteiger partial charge in [-0.05, 0) is 65.6 Å². The van der Waals surface area contributed by atoms with E-state index in [9.17, 15) is 13.2 Å². The molecule has 0 radical (unpaired) electrons. The third kappa shape index (κ3) is 6.09. The smallest absolute Gasteiger partial charge is 0.308 e. The number of halogens is 3. The van der Waals surface area contributed by atoms with Crippen molar-refractivity contribution in [1.82, 2.24) is 19.5 Å². The van der Waals surface area contributed by atoms with E-state index in [1.54, 1.807) is 0 Å². The molecule has 0 aliphatic heterocycles. The van der Waals surface area contributed by atoms with Crippen molar-refractivity contribution in [2.24, 2.45) is 0 Å². The predicted octanol–water partition coefficient (Wildman–Crippen LogP) is 12.6. The molecule has 2 heterocycles. The molecule has 9 aromatic rings. The monoisotopic (exact) mass is 708 g/mol. The Balaban J connectivity index is 1.34. The molecule has 0 aliphatic rings. The Kier molecular flexibility index (Phi) is 8.12. The summed E-state index contributed by atoms with van der Waals surface area (Å²) in [4.78, 5) is 15.1. The predicted molar refractivity (Wildman–Crippen MR) is 211 cm³/mol. The zero-order valence-electron chi connectivity index (χ0n) is 29.1. The maximum Gasteiger partial charge on any atom is 0.416 e. The van der Waals surface area contributed by atoms with Crippen LogP contribution in [0.3, 0.4) is 0 Å². The molecule has 54 heavy (non-hydrogen) atoms. The van der Waals surface area contributed by atoms with E-state index in [2.05, 4.69) is 66.1 Å². The van der Waals surface area contributed by atoms with Gasteiger partial charge >= 0.3 is 6.18 Å². The van der Waals surface area contributed by atoms with Crippen LogP contribution in [0.5, 0.6) is 0 Å². The van der Waals surface area contributed by atoms with Crippen LogP contribution in [0.1, 0.15) is 11.1 Å². The number of benzene rings is 7. The van der Waals surface area contributed by atoms with Crippen LogP contribution < -0.4 is 0 Å². The van der Waals surface area contributed by atoms with Crippen LogP contribution in [0.15, 0.2) is 170 Å². The first-order chi connectivity index (χ1) is 26.3. The molecule has 9 rings (SSSR count). The molecule has 0 saturated heterocycles. The Hall–Kier alpha value is -6.86. The molecule has 0 atom stereocenters. The van der Waals surface area contributed by atoms with Crippen LogP contribution in [-0.2, 0) is 6.18 Å². The van der Waals surface area contributed by atoms with Crippen molar-refractivity contribution in [3.05, 3.63) is 181 Å². The van der Waals surface area contributed by atoms with E-state index in [0.717, 1.165) is 73.0 Å². The Morgan fingerprint density at radius 2 is 0.926 bits per heavy atom. The van der Waals surface area contributed by atoms with E-state index in [1.165, 1.54) is 17.7 Å². The molecule has 7 aromatic carbocycles. The van der Waals surface area contributed by atoms with Gasteiger partial charge in [-0.2, -0.15) is 13.2 Å². The van der Waals surface area contributed by atoms with E-state index in [-0.39, 0.29) is 0 Å². The first-order valence-corrected chi connectivity index (χ1v) is 17.6. The molecule has 0 N–H and O–H groups in total. The summed E-state index contributed by atoms with van der Waals surface area (Å²) in [5.41, 5.74) is 9.21. The van der Waals surface area contributed by atoms with Crippen molar-refractivity contribution >= 4 is 21.8 Å². The molecule has 7 heteroatoms. The molecule has 0 saturated carbocycles. The summed E-state index contributed by atoms with van der Waals surface area (Å²) in [5, 5.41) is 2.14. The van der Waals surface area contributed by atoms with Crippen LogP contribution >= 0.6 is 0 Å². The highest BCUT2D eigenvalue weighted by atomic mass is 19.4. The Bertz CT molecular complexity index is 2730. The maximum absolute atomic E-state index is 13.6. The highest BCUT2D eigenvalue weighted by molar-refractivity contribution is 6.10. The van der Waals surface area contributed by atoms with Gasteiger partial charge in [-0.25, -0.2) is 15.0 Å². The fourth-order valence-electron chi connectivity index (χ4n) is 7.02. The third-order valence-electron chi connectivity index (χ3n) is 9.78. The molecule has 0 amide bonds. The van der Waals surface area contributed by atoms with Crippen molar-refractivity contribution in [3.8, 4) is 62.1 Å². The van der Waals surface area contributed by atoms with Gasteiger partial charge in [0.25, 0.3) is 0 Å². The number of alkyl halides is 3. The topological polar surface area (TPSA) is 43.6 Å². The van der Waals surface area contributed by atoms with E-state index in [1.807, 2.05) is 91.0 Å². The lowest BCUT2D eigenvalue weighted by Crippen LogP contribution is -2.05.